The fraction of sp³-hybridized carbons (Fsp3) is 0.700. The third-order valence-electron chi connectivity index (χ3n) is 1.94. The number of hydrogen-bond donors (Lipinski definition) is 2. The van der Waals surface area contributed by atoms with Crippen LogP contribution in [0.1, 0.15) is 39.0 Å². The maximum Gasteiger partial charge on any atom is 0.345 e. The standard InChI is InChI=1S/C10H16O6/c1-7(11)16-8(10(14)15)5-3-2-4-6-9(12)13/h8H,2-6H2,1H3,(H,12,13)(H,14,15). The van der Waals surface area contributed by atoms with Gasteiger partial charge in [0.25, 0.3) is 0 Å². The van der Waals surface area contributed by atoms with Gasteiger partial charge in [-0.15, -0.1) is 0 Å². The second kappa shape index (κ2) is 7.67. The Hall–Kier alpha value is -1.59. The van der Waals surface area contributed by atoms with E-state index in [4.69, 9.17) is 10.2 Å². The monoisotopic (exact) mass is 232 g/mol. The van der Waals surface area contributed by atoms with Gasteiger partial charge in [-0.1, -0.05) is 6.42 Å². The Kier molecular flexibility index (Phi) is 6.91. The lowest BCUT2D eigenvalue weighted by molar-refractivity contribution is -0.163. The van der Waals surface area contributed by atoms with E-state index in [0.29, 0.717) is 19.3 Å². The van der Waals surface area contributed by atoms with Gasteiger partial charge in [0.2, 0.25) is 0 Å². The average Bonchev–Trinajstić information content (AvgIpc) is 2.14. The summed E-state index contributed by atoms with van der Waals surface area (Å²) in [7, 11) is 0. The van der Waals surface area contributed by atoms with E-state index in [-0.39, 0.29) is 12.8 Å². The molecule has 0 bridgehead atoms. The zero-order chi connectivity index (χ0) is 12.6. The van der Waals surface area contributed by atoms with Crippen molar-refractivity contribution in [3.8, 4) is 0 Å². The summed E-state index contributed by atoms with van der Waals surface area (Å²) >= 11 is 0. The number of esters is 1. The maximum absolute atomic E-state index is 10.6. The summed E-state index contributed by atoms with van der Waals surface area (Å²) in [6.07, 6.45) is 0.804. The number of carbonyl (C=O) groups is 3. The number of carbonyl (C=O) groups excluding carboxylic acids is 1. The number of aliphatic carboxylic acids is 2. The summed E-state index contributed by atoms with van der Waals surface area (Å²) in [6.45, 7) is 1.15. The summed E-state index contributed by atoms with van der Waals surface area (Å²) in [4.78, 5) is 31.4. The van der Waals surface area contributed by atoms with E-state index in [2.05, 4.69) is 4.74 Å². The van der Waals surface area contributed by atoms with Gasteiger partial charge in [0.15, 0.2) is 6.10 Å². The fourth-order valence-corrected chi connectivity index (χ4v) is 1.22. The van der Waals surface area contributed by atoms with Crippen LogP contribution in [0.25, 0.3) is 0 Å². The molecule has 0 fully saturated rings. The smallest absolute Gasteiger partial charge is 0.345 e. The van der Waals surface area contributed by atoms with E-state index in [1.54, 1.807) is 0 Å². The van der Waals surface area contributed by atoms with Crippen molar-refractivity contribution in [1.82, 2.24) is 0 Å². The van der Waals surface area contributed by atoms with Crippen molar-refractivity contribution < 1.29 is 29.3 Å². The van der Waals surface area contributed by atoms with Crippen molar-refractivity contribution in [2.75, 3.05) is 0 Å². The Morgan fingerprint density at radius 1 is 1.12 bits per heavy atom. The summed E-state index contributed by atoms with van der Waals surface area (Å²) in [6, 6.07) is 0. The van der Waals surface area contributed by atoms with E-state index in [1.807, 2.05) is 0 Å². The molecule has 2 N–H and O–H groups in total. The molecule has 0 aromatic heterocycles. The lowest BCUT2D eigenvalue weighted by Gasteiger charge is -2.11. The van der Waals surface area contributed by atoms with Crippen LogP contribution in [-0.2, 0) is 19.1 Å². The molecule has 92 valence electrons. The van der Waals surface area contributed by atoms with Crippen molar-refractivity contribution in [2.45, 2.75) is 45.1 Å². The van der Waals surface area contributed by atoms with Crippen molar-refractivity contribution in [3.63, 3.8) is 0 Å². The van der Waals surface area contributed by atoms with Gasteiger partial charge in [0, 0.05) is 13.3 Å². The Balaban J connectivity index is 3.72. The number of carboxylic acid groups (broad SMARTS) is 2. The Bertz CT molecular complexity index is 260. The number of rotatable bonds is 8. The fourth-order valence-electron chi connectivity index (χ4n) is 1.22. The predicted octanol–water partition coefficient (Wildman–Crippen LogP) is 1.04. The zero-order valence-corrected chi connectivity index (χ0v) is 9.14. The van der Waals surface area contributed by atoms with Crippen molar-refractivity contribution >= 4 is 17.9 Å². The molecule has 0 aromatic carbocycles. The summed E-state index contributed by atoms with van der Waals surface area (Å²) in [5, 5.41) is 17.1. The van der Waals surface area contributed by atoms with Gasteiger partial charge >= 0.3 is 17.9 Å². The summed E-state index contributed by atoms with van der Waals surface area (Å²) in [5.41, 5.74) is 0. The minimum atomic E-state index is -1.17. The molecule has 0 aliphatic heterocycles. The highest BCUT2D eigenvalue weighted by Gasteiger charge is 2.19. The molecule has 0 aliphatic carbocycles. The normalized spacial score (nSPS) is 11.8. The molecule has 6 heteroatoms. The first-order chi connectivity index (χ1) is 7.43. The lowest BCUT2D eigenvalue weighted by Crippen LogP contribution is -2.25. The molecule has 0 amide bonds. The number of ether oxygens (including phenoxy) is 1. The number of unbranched alkanes of at least 4 members (excludes halogenated alkanes) is 2. The average molecular weight is 232 g/mol. The van der Waals surface area contributed by atoms with Gasteiger partial charge < -0.3 is 14.9 Å². The van der Waals surface area contributed by atoms with E-state index in [1.165, 1.54) is 0 Å². The molecule has 1 unspecified atom stereocenters. The highest BCUT2D eigenvalue weighted by atomic mass is 16.6. The summed E-state index contributed by atoms with van der Waals surface area (Å²) < 4.78 is 4.58. The second-order valence-corrected chi connectivity index (χ2v) is 3.43. The molecule has 0 saturated heterocycles. The molecule has 0 spiro atoms. The Morgan fingerprint density at radius 2 is 1.75 bits per heavy atom. The first kappa shape index (κ1) is 14.4. The molecule has 16 heavy (non-hydrogen) atoms. The topological polar surface area (TPSA) is 101 Å². The number of hydrogen-bond acceptors (Lipinski definition) is 4. The van der Waals surface area contributed by atoms with E-state index in [9.17, 15) is 14.4 Å². The molecule has 0 saturated carbocycles. The van der Waals surface area contributed by atoms with Crippen LogP contribution in [0.2, 0.25) is 0 Å². The van der Waals surface area contributed by atoms with Gasteiger partial charge in [-0.25, -0.2) is 4.79 Å². The lowest BCUT2D eigenvalue weighted by atomic mass is 10.1. The largest absolute Gasteiger partial charge is 0.481 e. The molecule has 0 heterocycles. The minimum Gasteiger partial charge on any atom is -0.481 e. The quantitative estimate of drug-likeness (QED) is 0.479. The van der Waals surface area contributed by atoms with Crippen LogP contribution in [0.15, 0.2) is 0 Å². The third-order valence-corrected chi connectivity index (χ3v) is 1.94. The zero-order valence-electron chi connectivity index (χ0n) is 9.14. The predicted molar refractivity (Wildman–Crippen MR) is 53.9 cm³/mol. The minimum absolute atomic E-state index is 0.0747. The third kappa shape index (κ3) is 7.78. The van der Waals surface area contributed by atoms with Gasteiger partial charge in [0.1, 0.15) is 0 Å². The van der Waals surface area contributed by atoms with Gasteiger partial charge in [-0.2, -0.15) is 0 Å². The van der Waals surface area contributed by atoms with Gasteiger partial charge in [-0.3, -0.25) is 9.59 Å². The first-order valence-corrected chi connectivity index (χ1v) is 5.05. The van der Waals surface area contributed by atoms with Crippen molar-refractivity contribution in [3.05, 3.63) is 0 Å². The molecule has 0 aromatic rings. The molecule has 6 nitrogen and oxygen atoms in total. The Labute approximate surface area is 93.2 Å². The number of carboxylic acids is 2. The SMILES string of the molecule is CC(=O)OC(CCCCCC(=O)O)C(=O)O. The molecule has 1 atom stereocenters. The second-order valence-electron chi connectivity index (χ2n) is 3.43. The van der Waals surface area contributed by atoms with Crippen LogP contribution in [0.5, 0.6) is 0 Å². The van der Waals surface area contributed by atoms with Crippen LogP contribution in [0, 0.1) is 0 Å². The van der Waals surface area contributed by atoms with Crippen LogP contribution in [-0.4, -0.2) is 34.2 Å². The molecule has 0 aliphatic rings. The summed E-state index contributed by atoms with van der Waals surface area (Å²) in [5.74, 6) is -2.67. The van der Waals surface area contributed by atoms with Crippen LogP contribution < -0.4 is 0 Å². The van der Waals surface area contributed by atoms with Gasteiger partial charge in [-0.05, 0) is 19.3 Å². The van der Waals surface area contributed by atoms with Crippen molar-refractivity contribution in [2.24, 2.45) is 0 Å². The van der Waals surface area contributed by atoms with Gasteiger partial charge in [0.05, 0.1) is 0 Å². The van der Waals surface area contributed by atoms with E-state index in [0.717, 1.165) is 6.92 Å². The molecular weight excluding hydrogens is 216 g/mol. The highest BCUT2D eigenvalue weighted by molar-refractivity contribution is 5.76. The van der Waals surface area contributed by atoms with Crippen LogP contribution in [0.3, 0.4) is 0 Å². The van der Waals surface area contributed by atoms with E-state index < -0.39 is 24.0 Å². The van der Waals surface area contributed by atoms with E-state index >= 15 is 0 Å². The molecule has 0 rings (SSSR count). The maximum atomic E-state index is 10.6. The first-order valence-electron chi connectivity index (χ1n) is 5.05. The van der Waals surface area contributed by atoms with Crippen molar-refractivity contribution in [1.29, 1.82) is 0 Å². The van der Waals surface area contributed by atoms with Crippen LogP contribution in [0.4, 0.5) is 0 Å². The Morgan fingerprint density at radius 3 is 2.19 bits per heavy atom. The molecular formula is C10H16O6. The van der Waals surface area contributed by atoms with Crippen LogP contribution >= 0.6 is 0 Å². The highest BCUT2D eigenvalue weighted by Crippen LogP contribution is 2.09. The molecule has 0 radical (unpaired) electrons.